The van der Waals surface area contributed by atoms with Gasteiger partial charge in [0.1, 0.15) is 0 Å². The van der Waals surface area contributed by atoms with Crippen LogP contribution < -0.4 is 5.32 Å². The number of anilines is 1. The molecule has 4 N–H and O–H groups in total. The molecule has 0 saturated carbocycles. The van der Waals surface area contributed by atoms with Gasteiger partial charge in [-0.2, -0.15) is 0 Å². The van der Waals surface area contributed by atoms with Gasteiger partial charge in [-0.15, -0.1) is 11.8 Å². The Kier molecular flexibility index (Phi) is 9.72. The molecule has 0 unspecified atom stereocenters. The number of carboxylic acids is 2. The van der Waals surface area contributed by atoms with Crippen molar-refractivity contribution in [3.05, 3.63) is 95.1 Å². The van der Waals surface area contributed by atoms with Crippen LogP contribution in [0.3, 0.4) is 0 Å². The highest BCUT2D eigenvalue weighted by molar-refractivity contribution is 7.99. The van der Waals surface area contributed by atoms with Crippen LogP contribution in [0.5, 0.6) is 0 Å². The van der Waals surface area contributed by atoms with Crippen LogP contribution in [-0.2, 0) is 25.7 Å². The van der Waals surface area contributed by atoms with E-state index in [-0.39, 0.29) is 43.1 Å². The van der Waals surface area contributed by atoms with E-state index >= 15 is 0 Å². The van der Waals surface area contributed by atoms with Crippen molar-refractivity contribution in [3.8, 4) is 0 Å². The quantitative estimate of drug-likeness (QED) is 0.242. The Balaban J connectivity index is 1.49. The lowest BCUT2D eigenvalue weighted by Crippen LogP contribution is -2.31. The first-order valence-corrected chi connectivity index (χ1v) is 13.4. The van der Waals surface area contributed by atoms with Gasteiger partial charge in [-0.25, -0.2) is 4.79 Å². The lowest BCUT2D eigenvalue weighted by Gasteiger charge is -2.36. The lowest BCUT2D eigenvalue weighted by molar-refractivity contribution is -0.245. The highest BCUT2D eigenvalue weighted by Gasteiger charge is 2.32. The van der Waals surface area contributed by atoms with Crippen LogP contribution in [0.4, 0.5) is 5.69 Å². The van der Waals surface area contributed by atoms with E-state index in [4.69, 9.17) is 14.6 Å². The Labute approximate surface area is 229 Å². The molecule has 1 fully saturated rings. The fourth-order valence-corrected chi connectivity index (χ4v) is 5.21. The number of carbonyl (C=O) groups excluding carboxylic acids is 1. The average molecular weight is 552 g/mol. The van der Waals surface area contributed by atoms with E-state index in [0.717, 1.165) is 16.7 Å². The molecular formula is C29H29NO8S. The SMILES string of the molecule is O=C(O)CCC(=O)Nc1ccc([C@@H]2O[C@H](CSc3ccccc3C(=O)O)C[C@H](c3ccc(CO)cc3)O2)cc1. The van der Waals surface area contributed by atoms with Crippen LogP contribution in [0.25, 0.3) is 0 Å². The molecule has 1 heterocycles. The molecule has 0 radical (unpaired) electrons. The van der Waals surface area contributed by atoms with E-state index in [1.807, 2.05) is 24.3 Å². The van der Waals surface area contributed by atoms with Crippen molar-refractivity contribution in [2.45, 2.75) is 49.3 Å². The number of amides is 1. The number of nitrogens with one attached hydrogen (secondary N) is 1. The summed E-state index contributed by atoms with van der Waals surface area (Å²) in [5, 5.41) is 30.4. The third kappa shape index (κ3) is 7.90. The van der Waals surface area contributed by atoms with Crippen molar-refractivity contribution in [3.63, 3.8) is 0 Å². The number of hydrogen-bond donors (Lipinski definition) is 4. The maximum absolute atomic E-state index is 12.0. The number of aliphatic hydroxyl groups excluding tert-OH is 1. The van der Waals surface area contributed by atoms with Gasteiger partial charge in [0.2, 0.25) is 5.91 Å². The highest BCUT2D eigenvalue weighted by Crippen LogP contribution is 2.40. The Bertz CT molecular complexity index is 1300. The lowest BCUT2D eigenvalue weighted by atomic mass is 10.0. The predicted molar refractivity (Wildman–Crippen MR) is 144 cm³/mol. The summed E-state index contributed by atoms with van der Waals surface area (Å²) in [5.74, 6) is -1.90. The molecule has 0 aromatic heterocycles. The number of aliphatic hydroxyl groups is 1. The largest absolute Gasteiger partial charge is 0.481 e. The maximum Gasteiger partial charge on any atom is 0.336 e. The molecular weight excluding hydrogens is 522 g/mol. The zero-order valence-corrected chi connectivity index (χ0v) is 21.8. The van der Waals surface area contributed by atoms with E-state index in [2.05, 4.69) is 5.32 Å². The Morgan fingerprint density at radius 2 is 1.56 bits per heavy atom. The van der Waals surface area contributed by atoms with Gasteiger partial charge in [-0.3, -0.25) is 9.59 Å². The van der Waals surface area contributed by atoms with Crippen molar-refractivity contribution >= 4 is 35.3 Å². The minimum atomic E-state index is -1.04. The van der Waals surface area contributed by atoms with Crippen LogP contribution in [0, 0.1) is 0 Å². The normalized spacial score (nSPS) is 18.8. The second-order valence-electron chi connectivity index (χ2n) is 9.03. The fourth-order valence-electron chi connectivity index (χ4n) is 4.14. The van der Waals surface area contributed by atoms with Crippen LogP contribution in [0.15, 0.2) is 77.7 Å². The van der Waals surface area contributed by atoms with Gasteiger partial charge in [0.25, 0.3) is 0 Å². The summed E-state index contributed by atoms with van der Waals surface area (Å²) in [7, 11) is 0. The third-order valence-electron chi connectivity index (χ3n) is 6.19. The Hall–Kier alpha value is -3.70. The molecule has 10 heteroatoms. The van der Waals surface area contributed by atoms with Crippen LogP contribution in [0.1, 0.15) is 58.7 Å². The van der Waals surface area contributed by atoms with Crippen LogP contribution in [-0.4, -0.2) is 45.0 Å². The molecule has 3 aromatic carbocycles. The molecule has 9 nitrogen and oxygen atoms in total. The maximum atomic E-state index is 12.0. The number of carbonyl (C=O) groups is 3. The molecule has 3 aromatic rings. The number of carboxylic acid groups (broad SMARTS) is 2. The summed E-state index contributed by atoms with van der Waals surface area (Å²) in [6, 6.07) is 21.3. The minimum Gasteiger partial charge on any atom is -0.481 e. The number of hydrogen-bond acceptors (Lipinski definition) is 7. The van der Waals surface area contributed by atoms with Gasteiger partial charge >= 0.3 is 11.9 Å². The zero-order valence-electron chi connectivity index (χ0n) is 21.0. The Morgan fingerprint density at radius 1 is 0.872 bits per heavy atom. The van der Waals surface area contributed by atoms with Gasteiger partial charge < -0.3 is 30.1 Å². The summed E-state index contributed by atoms with van der Waals surface area (Å²) >= 11 is 1.41. The number of rotatable bonds is 11. The molecule has 3 atom stereocenters. The number of aromatic carboxylic acids is 1. The number of ether oxygens (including phenoxy) is 2. The zero-order chi connectivity index (χ0) is 27.8. The monoisotopic (exact) mass is 551 g/mol. The number of thioether (sulfide) groups is 1. The molecule has 204 valence electrons. The van der Waals surface area contributed by atoms with E-state index in [1.54, 1.807) is 48.5 Å². The molecule has 4 rings (SSSR count). The van der Waals surface area contributed by atoms with Crippen molar-refractivity contribution in [1.29, 1.82) is 0 Å². The molecule has 39 heavy (non-hydrogen) atoms. The van der Waals surface area contributed by atoms with Crippen LogP contribution >= 0.6 is 11.8 Å². The molecule has 1 saturated heterocycles. The number of benzene rings is 3. The summed E-state index contributed by atoms with van der Waals surface area (Å²) in [4.78, 5) is 34.9. The van der Waals surface area contributed by atoms with E-state index in [0.29, 0.717) is 22.8 Å². The standard InChI is InChI=1S/C29H29NO8S/c31-16-18-5-7-19(8-6-18)24-15-22(17-39-25-4-2-1-3-23(25)28(35)36)37-29(38-24)20-9-11-21(12-10-20)30-26(32)13-14-27(33)34/h1-12,22,24,29,31H,13-17H2,(H,30,32)(H,33,34)(H,35,36)/t22-,24+,29+/m0/s1. The van der Waals surface area contributed by atoms with Gasteiger partial charge in [0, 0.05) is 34.7 Å². The van der Waals surface area contributed by atoms with Crippen molar-refractivity contribution in [2.24, 2.45) is 0 Å². The molecule has 0 aliphatic carbocycles. The van der Waals surface area contributed by atoms with Gasteiger partial charge in [-0.05, 0) is 35.4 Å². The second kappa shape index (κ2) is 13.4. The van der Waals surface area contributed by atoms with Crippen molar-refractivity contribution < 1.29 is 39.2 Å². The fraction of sp³-hybridized carbons (Fsp3) is 0.276. The smallest absolute Gasteiger partial charge is 0.336 e. The van der Waals surface area contributed by atoms with E-state index < -0.39 is 18.2 Å². The highest BCUT2D eigenvalue weighted by atomic mass is 32.2. The topological polar surface area (TPSA) is 142 Å². The first-order chi connectivity index (χ1) is 18.8. The van der Waals surface area contributed by atoms with Crippen molar-refractivity contribution in [2.75, 3.05) is 11.1 Å². The van der Waals surface area contributed by atoms with Gasteiger partial charge in [-0.1, -0.05) is 48.5 Å². The predicted octanol–water partition coefficient (Wildman–Crippen LogP) is 5.02. The average Bonchev–Trinajstić information content (AvgIpc) is 2.95. The van der Waals surface area contributed by atoms with Crippen molar-refractivity contribution in [1.82, 2.24) is 0 Å². The first kappa shape index (κ1) is 28.3. The van der Waals surface area contributed by atoms with Gasteiger partial charge in [0.15, 0.2) is 6.29 Å². The molecule has 0 bridgehead atoms. The Morgan fingerprint density at radius 3 is 2.23 bits per heavy atom. The number of aliphatic carboxylic acids is 1. The van der Waals surface area contributed by atoms with Gasteiger partial charge in [0.05, 0.1) is 30.8 Å². The summed E-state index contributed by atoms with van der Waals surface area (Å²) in [6.45, 7) is -0.0566. The summed E-state index contributed by atoms with van der Waals surface area (Å²) < 4.78 is 12.6. The molecule has 1 aliphatic heterocycles. The van der Waals surface area contributed by atoms with Crippen LogP contribution in [0.2, 0.25) is 0 Å². The van der Waals surface area contributed by atoms with E-state index in [9.17, 15) is 24.6 Å². The second-order valence-corrected chi connectivity index (χ2v) is 10.1. The first-order valence-electron chi connectivity index (χ1n) is 12.4. The summed E-state index contributed by atoms with van der Waals surface area (Å²) in [5.41, 5.74) is 3.22. The molecule has 1 amide bonds. The molecule has 0 spiro atoms. The molecule has 1 aliphatic rings. The minimum absolute atomic E-state index is 0.0566. The summed E-state index contributed by atoms with van der Waals surface area (Å²) in [6.07, 6.45) is -1.08. The third-order valence-corrected chi connectivity index (χ3v) is 7.40. The van der Waals surface area contributed by atoms with E-state index in [1.165, 1.54) is 11.8 Å².